The molecular weight excluding hydrogens is 451 g/mol. The summed E-state index contributed by atoms with van der Waals surface area (Å²) < 4.78 is 41.0. The van der Waals surface area contributed by atoms with Crippen molar-refractivity contribution in [1.82, 2.24) is 10.2 Å². The number of nitrogens with zero attached hydrogens (tertiary/aromatic N) is 1. The van der Waals surface area contributed by atoms with Gasteiger partial charge in [0.15, 0.2) is 0 Å². The Morgan fingerprint density at radius 3 is 2.30 bits per heavy atom. The number of carbonyl (C=O) groups excluding carboxylic acids is 1. The number of alkyl halides is 3. The first-order valence-corrected chi connectivity index (χ1v) is 10.9. The first kappa shape index (κ1) is 23.1. The lowest BCUT2D eigenvalue weighted by molar-refractivity contribution is -0.149. The lowest BCUT2D eigenvalue weighted by Gasteiger charge is -2.49. The molecule has 0 saturated heterocycles. The van der Waals surface area contributed by atoms with Crippen molar-refractivity contribution >= 4 is 23.3 Å². The minimum absolute atomic E-state index is 0.223. The third-order valence-electron chi connectivity index (χ3n) is 5.80. The lowest BCUT2D eigenvalue weighted by atomic mass is 9.76. The summed E-state index contributed by atoms with van der Waals surface area (Å²) in [5.74, 6) is 0. The van der Waals surface area contributed by atoms with Crippen LogP contribution in [-0.4, -0.2) is 30.2 Å². The Kier molecular flexibility index (Phi) is 6.63. The van der Waals surface area contributed by atoms with Crippen LogP contribution in [0.2, 0.25) is 5.02 Å². The molecule has 1 unspecified atom stereocenters. The second kappa shape index (κ2) is 9.45. The standard InChI is InChI=1S/C25H23ClF3N3O/c26-20-11-12-22-21(15-20)24(19-9-5-2-6-10-19,32(23(33)31-22)17-25(27,28)29)13-14-30-16-18-7-3-1-4-8-18/h1-12,15,30H,13-14,16-17H2,(H,31,33). The molecule has 2 amide bonds. The van der Waals surface area contributed by atoms with E-state index >= 15 is 0 Å². The van der Waals surface area contributed by atoms with Crippen molar-refractivity contribution in [2.45, 2.75) is 24.7 Å². The first-order valence-electron chi connectivity index (χ1n) is 10.6. The van der Waals surface area contributed by atoms with E-state index in [1.54, 1.807) is 48.5 Å². The largest absolute Gasteiger partial charge is 0.406 e. The molecule has 4 rings (SSSR count). The van der Waals surface area contributed by atoms with Crippen LogP contribution >= 0.6 is 11.6 Å². The molecule has 0 saturated carbocycles. The van der Waals surface area contributed by atoms with Crippen LogP contribution in [-0.2, 0) is 12.1 Å². The Hall–Kier alpha value is -3.03. The Balaban J connectivity index is 1.78. The fraction of sp³-hybridized carbons (Fsp3) is 0.240. The van der Waals surface area contributed by atoms with Gasteiger partial charge in [-0.3, -0.25) is 0 Å². The fourth-order valence-corrected chi connectivity index (χ4v) is 4.56. The minimum Gasteiger partial charge on any atom is -0.313 e. The molecule has 3 aromatic rings. The van der Waals surface area contributed by atoms with Gasteiger partial charge in [-0.05, 0) is 42.3 Å². The highest BCUT2D eigenvalue weighted by Crippen LogP contribution is 2.47. The van der Waals surface area contributed by atoms with Gasteiger partial charge < -0.3 is 15.5 Å². The minimum atomic E-state index is -4.58. The Labute approximate surface area is 195 Å². The summed E-state index contributed by atoms with van der Waals surface area (Å²) in [4.78, 5) is 13.9. The SMILES string of the molecule is O=C1Nc2ccc(Cl)cc2C(CCNCc2ccccc2)(c2ccccc2)N1CC(F)(F)F. The number of urea groups is 1. The molecule has 1 heterocycles. The number of benzene rings is 3. The molecule has 8 heteroatoms. The maximum atomic E-state index is 13.7. The number of hydrogen-bond acceptors (Lipinski definition) is 2. The molecule has 2 N–H and O–H groups in total. The lowest BCUT2D eigenvalue weighted by Crippen LogP contribution is -2.58. The van der Waals surface area contributed by atoms with Gasteiger partial charge in [0.2, 0.25) is 0 Å². The molecule has 1 aliphatic heterocycles. The van der Waals surface area contributed by atoms with Gasteiger partial charge in [-0.15, -0.1) is 0 Å². The molecule has 0 fully saturated rings. The molecule has 3 aromatic carbocycles. The summed E-state index contributed by atoms with van der Waals surface area (Å²) in [6, 6.07) is 22.6. The van der Waals surface area contributed by atoms with Crippen LogP contribution in [0.4, 0.5) is 23.7 Å². The normalized spacial score (nSPS) is 18.1. The monoisotopic (exact) mass is 473 g/mol. The third-order valence-corrected chi connectivity index (χ3v) is 6.03. The van der Waals surface area contributed by atoms with E-state index in [4.69, 9.17) is 11.6 Å². The van der Waals surface area contributed by atoms with Crippen LogP contribution in [0.15, 0.2) is 78.9 Å². The predicted molar refractivity (Wildman–Crippen MR) is 123 cm³/mol. The summed E-state index contributed by atoms with van der Waals surface area (Å²) in [5.41, 5.74) is 1.28. The number of hydrogen-bond donors (Lipinski definition) is 2. The highest BCUT2D eigenvalue weighted by Gasteiger charge is 2.51. The Morgan fingerprint density at radius 1 is 0.970 bits per heavy atom. The molecular formula is C25H23ClF3N3O. The molecule has 4 nitrogen and oxygen atoms in total. The quantitative estimate of drug-likeness (QED) is 0.403. The van der Waals surface area contributed by atoms with E-state index < -0.39 is 24.3 Å². The van der Waals surface area contributed by atoms with Gasteiger partial charge in [-0.2, -0.15) is 13.2 Å². The molecule has 0 spiro atoms. The van der Waals surface area contributed by atoms with Gasteiger partial charge in [-0.1, -0.05) is 72.3 Å². The van der Waals surface area contributed by atoms with Gasteiger partial charge in [0, 0.05) is 22.8 Å². The van der Waals surface area contributed by atoms with E-state index in [0.717, 1.165) is 10.5 Å². The van der Waals surface area contributed by atoms with Crippen LogP contribution in [0, 0.1) is 0 Å². The number of amides is 2. The number of nitrogens with one attached hydrogen (secondary N) is 2. The second-order valence-electron chi connectivity index (χ2n) is 7.96. The topological polar surface area (TPSA) is 44.4 Å². The average Bonchev–Trinajstić information content (AvgIpc) is 2.79. The van der Waals surface area contributed by atoms with E-state index in [-0.39, 0.29) is 6.42 Å². The molecule has 0 aromatic heterocycles. The zero-order valence-corrected chi connectivity index (χ0v) is 18.5. The van der Waals surface area contributed by atoms with Crippen LogP contribution in [0.3, 0.4) is 0 Å². The van der Waals surface area contributed by atoms with E-state index in [0.29, 0.717) is 34.9 Å². The van der Waals surface area contributed by atoms with Crippen LogP contribution in [0.5, 0.6) is 0 Å². The Bertz CT molecular complexity index is 1110. The van der Waals surface area contributed by atoms with Crippen molar-refractivity contribution in [3.05, 3.63) is 101 Å². The smallest absolute Gasteiger partial charge is 0.313 e. The van der Waals surface area contributed by atoms with Crippen molar-refractivity contribution in [1.29, 1.82) is 0 Å². The van der Waals surface area contributed by atoms with Crippen molar-refractivity contribution in [2.24, 2.45) is 0 Å². The number of halogens is 4. The van der Waals surface area contributed by atoms with E-state index in [2.05, 4.69) is 10.6 Å². The first-order chi connectivity index (χ1) is 15.8. The summed E-state index contributed by atoms with van der Waals surface area (Å²) in [7, 11) is 0. The second-order valence-corrected chi connectivity index (χ2v) is 8.40. The molecule has 0 radical (unpaired) electrons. The van der Waals surface area contributed by atoms with Crippen molar-refractivity contribution in [3.8, 4) is 0 Å². The number of carbonyl (C=O) groups is 1. The fourth-order valence-electron chi connectivity index (χ4n) is 4.39. The van der Waals surface area contributed by atoms with Gasteiger partial charge in [0.05, 0.1) is 5.54 Å². The van der Waals surface area contributed by atoms with Gasteiger partial charge in [-0.25, -0.2) is 4.79 Å². The van der Waals surface area contributed by atoms with E-state index in [9.17, 15) is 18.0 Å². The van der Waals surface area contributed by atoms with Gasteiger partial charge in [0.1, 0.15) is 6.54 Å². The van der Waals surface area contributed by atoms with E-state index in [1.807, 2.05) is 30.3 Å². The number of fused-ring (bicyclic) bond motifs is 1. The molecule has 0 aliphatic carbocycles. The Morgan fingerprint density at radius 2 is 1.64 bits per heavy atom. The zero-order chi connectivity index (χ0) is 23.5. The highest BCUT2D eigenvalue weighted by atomic mass is 35.5. The maximum absolute atomic E-state index is 13.7. The third kappa shape index (κ3) is 4.99. The van der Waals surface area contributed by atoms with Crippen LogP contribution in [0.25, 0.3) is 0 Å². The highest BCUT2D eigenvalue weighted by molar-refractivity contribution is 6.30. The summed E-state index contributed by atoms with van der Waals surface area (Å²) in [5, 5.41) is 6.31. The van der Waals surface area contributed by atoms with Crippen molar-refractivity contribution < 1.29 is 18.0 Å². The molecule has 1 atom stereocenters. The maximum Gasteiger partial charge on any atom is 0.406 e. The average molecular weight is 474 g/mol. The summed E-state index contributed by atoms with van der Waals surface area (Å²) >= 11 is 6.28. The van der Waals surface area contributed by atoms with Crippen LogP contribution in [0.1, 0.15) is 23.1 Å². The number of anilines is 1. The molecule has 0 bridgehead atoms. The van der Waals surface area contributed by atoms with Gasteiger partial charge in [0.25, 0.3) is 0 Å². The van der Waals surface area contributed by atoms with E-state index in [1.165, 1.54) is 0 Å². The molecule has 33 heavy (non-hydrogen) atoms. The zero-order valence-electron chi connectivity index (χ0n) is 17.7. The van der Waals surface area contributed by atoms with Crippen LogP contribution < -0.4 is 10.6 Å². The molecule has 1 aliphatic rings. The predicted octanol–water partition coefficient (Wildman–Crippen LogP) is 6.17. The summed E-state index contributed by atoms with van der Waals surface area (Å²) in [6.07, 6.45) is -4.36. The van der Waals surface area contributed by atoms with Gasteiger partial charge >= 0.3 is 12.2 Å². The van der Waals surface area contributed by atoms with Crippen molar-refractivity contribution in [2.75, 3.05) is 18.4 Å². The number of rotatable bonds is 7. The van der Waals surface area contributed by atoms with Crippen molar-refractivity contribution in [3.63, 3.8) is 0 Å². The summed E-state index contributed by atoms with van der Waals surface area (Å²) in [6.45, 7) is -0.463. The molecule has 172 valence electrons.